The van der Waals surface area contributed by atoms with Crippen molar-refractivity contribution >= 4 is 0 Å². The van der Waals surface area contributed by atoms with E-state index in [2.05, 4.69) is 6.92 Å². The summed E-state index contributed by atoms with van der Waals surface area (Å²) in [5.41, 5.74) is 0. The predicted octanol–water partition coefficient (Wildman–Crippen LogP) is 7.30. The van der Waals surface area contributed by atoms with Gasteiger partial charge in [0.1, 0.15) is 0 Å². The lowest BCUT2D eigenvalue weighted by atomic mass is 9.68. The number of rotatable bonds is 6. The normalized spacial score (nSPS) is 33.2. The van der Waals surface area contributed by atoms with E-state index < -0.39 is 6.18 Å². The highest BCUT2D eigenvalue weighted by atomic mass is 19.4. The van der Waals surface area contributed by atoms with Crippen LogP contribution >= 0.6 is 0 Å². The van der Waals surface area contributed by atoms with Crippen molar-refractivity contribution in [3.8, 4) is 0 Å². The van der Waals surface area contributed by atoms with Gasteiger partial charge in [-0.2, -0.15) is 13.2 Å². The van der Waals surface area contributed by atoms with E-state index in [9.17, 15) is 13.2 Å². The first-order valence-electron chi connectivity index (χ1n) is 9.74. The van der Waals surface area contributed by atoms with Gasteiger partial charge in [0.2, 0.25) is 0 Å². The van der Waals surface area contributed by atoms with Crippen molar-refractivity contribution in [2.75, 3.05) is 0 Å². The first-order chi connectivity index (χ1) is 11.0. The maximum Gasteiger partial charge on any atom is 0.409 e. The minimum atomic E-state index is -4.15. The Morgan fingerprint density at radius 3 is 1.91 bits per heavy atom. The molecular weight excluding hydrogens is 297 g/mol. The molecule has 0 radical (unpaired) electrons. The second-order valence-corrected chi connectivity index (χ2v) is 7.85. The summed E-state index contributed by atoms with van der Waals surface area (Å²) in [6, 6.07) is 0. The third-order valence-electron chi connectivity index (χ3n) is 6.15. The fourth-order valence-corrected chi connectivity index (χ4v) is 4.69. The molecule has 0 bridgehead atoms. The molecule has 0 nitrogen and oxygen atoms in total. The smallest absolute Gasteiger partial charge is 0.167 e. The van der Waals surface area contributed by atoms with Gasteiger partial charge in [0, 0.05) is 6.08 Å². The second kappa shape index (κ2) is 9.13. The summed E-state index contributed by atoms with van der Waals surface area (Å²) in [6.45, 7) is 2.26. The molecule has 3 heteroatoms. The van der Waals surface area contributed by atoms with Gasteiger partial charge < -0.3 is 0 Å². The Balaban J connectivity index is 1.66. The van der Waals surface area contributed by atoms with Crippen LogP contribution in [0.1, 0.15) is 84.0 Å². The van der Waals surface area contributed by atoms with E-state index in [1.807, 2.05) is 0 Å². The largest absolute Gasteiger partial charge is 0.409 e. The van der Waals surface area contributed by atoms with Crippen LogP contribution in [0.15, 0.2) is 12.2 Å². The fraction of sp³-hybridized carbons (Fsp3) is 0.900. The number of halogens is 3. The number of hydrogen-bond acceptors (Lipinski definition) is 0. The predicted molar refractivity (Wildman–Crippen MR) is 90.2 cm³/mol. The van der Waals surface area contributed by atoms with Crippen molar-refractivity contribution in [1.29, 1.82) is 0 Å². The maximum absolute atomic E-state index is 12.2. The third-order valence-corrected chi connectivity index (χ3v) is 6.15. The Hall–Kier alpha value is -0.470. The molecule has 23 heavy (non-hydrogen) atoms. The van der Waals surface area contributed by atoms with Gasteiger partial charge in [-0.3, -0.25) is 0 Å². The molecule has 0 aromatic carbocycles. The summed E-state index contributed by atoms with van der Waals surface area (Å²) >= 11 is 0. The molecule has 2 aliphatic carbocycles. The Kier molecular flexibility index (Phi) is 7.49. The lowest BCUT2D eigenvalue weighted by molar-refractivity contribution is -0.0803. The molecule has 0 aromatic heterocycles. The summed E-state index contributed by atoms with van der Waals surface area (Å²) < 4.78 is 36.7. The van der Waals surface area contributed by atoms with Crippen molar-refractivity contribution in [2.45, 2.75) is 90.1 Å². The highest BCUT2D eigenvalue weighted by Gasteiger charge is 2.31. The van der Waals surface area contributed by atoms with Crippen LogP contribution in [0.5, 0.6) is 0 Å². The van der Waals surface area contributed by atoms with Gasteiger partial charge >= 0.3 is 6.18 Å². The molecule has 0 spiro atoms. The zero-order chi connectivity index (χ0) is 16.7. The highest BCUT2D eigenvalue weighted by Crippen LogP contribution is 2.42. The molecule has 0 N–H and O–H groups in total. The number of unbranched alkanes of at least 4 members (excludes halogenated alkanes) is 2. The van der Waals surface area contributed by atoms with Gasteiger partial charge in [0.15, 0.2) is 0 Å². The molecule has 134 valence electrons. The van der Waals surface area contributed by atoms with E-state index in [0.717, 1.165) is 43.4 Å². The summed E-state index contributed by atoms with van der Waals surface area (Å²) in [4.78, 5) is 0. The molecule has 0 aliphatic heterocycles. The van der Waals surface area contributed by atoms with Crippen molar-refractivity contribution in [3.05, 3.63) is 12.2 Å². The average molecular weight is 330 g/mol. The SMILES string of the molecule is CCCCC[C@H]1CC[C@H]([C@H]2CC[C@H](C=CC(F)(F)F)CC2)CC1. The summed E-state index contributed by atoms with van der Waals surface area (Å²) in [6.07, 6.45) is 12.9. The standard InChI is InChI=1S/C20H33F3/c1-2-3-4-5-16-6-10-18(11-7-16)19-12-8-17(9-13-19)14-15-20(21,22)23/h14-19H,2-13H2,1H3/t16-,17-,18-,19-. The Labute approximate surface area is 139 Å². The molecule has 0 amide bonds. The Morgan fingerprint density at radius 1 is 0.826 bits per heavy atom. The molecule has 2 rings (SSSR count). The molecule has 0 saturated heterocycles. The molecule has 0 atom stereocenters. The monoisotopic (exact) mass is 330 g/mol. The van der Waals surface area contributed by atoms with E-state index in [0.29, 0.717) is 6.08 Å². The van der Waals surface area contributed by atoms with Crippen molar-refractivity contribution in [3.63, 3.8) is 0 Å². The maximum atomic E-state index is 12.2. The van der Waals surface area contributed by atoms with E-state index in [1.54, 1.807) is 0 Å². The molecule has 2 fully saturated rings. The lowest BCUT2D eigenvalue weighted by Crippen LogP contribution is -2.25. The van der Waals surface area contributed by atoms with Crippen LogP contribution in [0.25, 0.3) is 0 Å². The Bertz CT molecular complexity index is 342. The van der Waals surface area contributed by atoms with Gasteiger partial charge in [-0.25, -0.2) is 0 Å². The second-order valence-electron chi connectivity index (χ2n) is 7.85. The molecular formula is C20H33F3. The third kappa shape index (κ3) is 6.89. The summed E-state index contributed by atoms with van der Waals surface area (Å²) in [5.74, 6) is 2.73. The van der Waals surface area contributed by atoms with Crippen LogP contribution in [-0.2, 0) is 0 Å². The molecule has 0 unspecified atom stereocenters. The van der Waals surface area contributed by atoms with Gasteiger partial charge in [0.05, 0.1) is 0 Å². The van der Waals surface area contributed by atoms with E-state index >= 15 is 0 Å². The molecule has 2 saturated carbocycles. The number of allylic oxidation sites excluding steroid dienone is 2. The van der Waals surface area contributed by atoms with Gasteiger partial charge in [0.25, 0.3) is 0 Å². The first kappa shape index (κ1) is 18.9. The van der Waals surface area contributed by atoms with Gasteiger partial charge in [-0.1, -0.05) is 51.5 Å². The minimum absolute atomic E-state index is 0.151. The molecule has 2 aliphatic rings. The molecule has 0 heterocycles. The number of hydrogen-bond donors (Lipinski definition) is 0. The van der Waals surface area contributed by atoms with Crippen LogP contribution < -0.4 is 0 Å². The zero-order valence-electron chi connectivity index (χ0n) is 14.6. The van der Waals surface area contributed by atoms with Crippen molar-refractivity contribution < 1.29 is 13.2 Å². The van der Waals surface area contributed by atoms with Crippen LogP contribution in [0.2, 0.25) is 0 Å². The first-order valence-corrected chi connectivity index (χ1v) is 9.74. The van der Waals surface area contributed by atoms with Gasteiger partial charge in [-0.05, 0) is 62.2 Å². The lowest BCUT2D eigenvalue weighted by Gasteiger charge is -2.37. The van der Waals surface area contributed by atoms with Crippen LogP contribution in [0, 0.1) is 23.7 Å². The number of alkyl halides is 3. The molecule has 0 aromatic rings. The van der Waals surface area contributed by atoms with Crippen LogP contribution in [0.4, 0.5) is 13.2 Å². The quantitative estimate of drug-likeness (QED) is 0.354. The van der Waals surface area contributed by atoms with Crippen molar-refractivity contribution in [2.24, 2.45) is 23.7 Å². The summed E-state index contributed by atoms with van der Waals surface area (Å²) in [7, 11) is 0. The van der Waals surface area contributed by atoms with E-state index in [-0.39, 0.29) is 5.92 Å². The highest BCUT2D eigenvalue weighted by molar-refractivity contribution is 4.96. The Morgan fingerprint density at radius 2 is 1.39 bits per heavy atom. The topological polar surface area (TPSA) is 0 Å². The van der Waals surface area contributed by atoms with E-state index in [1.165, 1.54) is 57.4 Å². The van der Waals surface area contributed by atoms with Crippen LogP contribution in [-0.4, -0.2) is 6.18 Å². The van der Waals surface area contributed by atoms with Crippen LogP contribution in [0.3, 0.4) is 0 Å². The minimum Gasteiger partial charge on any atom is -0.167 e. The fourth-order valence-electron chi connectivity index (χ4n) is 4.69. The van der Waals surface area contributed by atoms with Gasteiger partial charge in [-0.15, -0.1) is 0 Å². The van der Waals surface area contributed by atoms with Crippen molar-refractivity contribution in [1.82, 2.24) is 0 Å². The average Bonchev–Trinajstić information content (AvgIpc) is 2.54. The summed E-state index contributed by atoms with van der Waals surface area (Å²) in [5, 5.41) is 0. The zero-order valence-corrected chi connectivity index (χ0v) is 14.6. The van der Waals surface area contributed by atoms with E-state index in [4.69, 9.17) is 0 Å².